The first-order valence-electron chi connectivity index (χ1n) is 6.80. The number of hydrogen-bond donors (Lipinski definition) is 2. The smallest absolute Gasteiger partial charge is 0.267 e. The van der Waals surface area contributed by atoms with Gasteiger partial charge in [-0.3, -0.25) is 10.2 Å². The van der Waals surface area contributed by atoms with Gasteiger partial charge < -0.3 is 5.32 Å². The zero-order valence-corrected chi connectivity index (χ0v) is 12.0. The second-order valence-electron chi connectivity index (χ2n) is 4.71. The molecule has 0 unspecified atom stereocenters. The van der Waals surface area contributed by atoms with E-state index in [9.17, 15) is 4.79 Å². The summed E-state index contributed by atoms with van der Waals surface area (Å²) in [6.07, 6.45) is 3.51. The number of rotatable bonds is 4. The summed E-state index contributed by atoms with van der Waals surface area (Å²) >= 11 is 5.98. The molecule has 4 nitrogen and oxygen atoms in total. The molecule has 0 spiro atoms. The van der Waals surface area contributed by atoms with E-state index < -0.39 is 0 Å². The summed E-state index contributed by atoms with van der Waals surface area (Å²) in [7, 11) is 0. The molecule has 1 aliphatic heterocycles. The molecule has 0 radical (unpaired) electrons. The molecule has 1 saturated heterocycles. The molecule has 5 heteroatoms. The monoisotopic (exact) mass is 281 g/mol. The Bertz CT molecular complexity index is 444. The first-order chi connectivity index (χ1) is 9.20. The molecule has 0 saturated carbocycles. The number of nitrogens with zero attached hydrogens (tertiary/aromatic N) is 1. The Labute approximate surface area is 119 Å². The van der Waals surface area contributed by atoms with Gasteiger partial charge in [-0.2, -0.15) is 0 Å². The third-order valence-electron chi connectivity index (χ3n) is 3.21. The molecule has 104 valence electrons. The quantitative estimate of drug-likeness (QED) is 0.892. The molecule has 0 aromatic heterocycles. The van der Waals surface area contributed by atoms with E-state index in [2.05, 4.69) is 10.7 Å². The van der Waals surface area contributed by atoms with Crippen LogP contribution in [-0.2, 0) is 0 Å². The Balaban J connectivity index is 2.10. The average Bonchev–Trinajstić information content (AvgIpc) is 2.42. The predicted octanol–water partition coefficient (Wildman–Crippen LogP) is 2.90. The van der Waals surface area contributed by atoms with Gasteiger partial charge in [0.2, 0.25) is 0 Å². The standard InChI is InChI=1S/C14H20ClN3O/c1-2-16-13-7-6-11(15)10-12(13)14(19)17-18-8-4-3-5-9-18/h6-7,10,16H,2-5,8-9H2,1H3,(H,17,19). The number of benzene rings is 1. The van der Waals surface area contributed by atoms with Crippen LogP contribution < -0.4 is 10.7 Å². The van der Waals surface area contributed by atoms with E-state index >= 15 is 0 Å². The third-order valence-corrected chi connectivity index (χ3v) is 3.44. The van der Waals surface area contributed by atoms with E-state index in [4.69, 9.17) is 11.6 Å². The summed E-state index contributed by atoms with van der Waals surface area (Å²) in [5, 5.41) is 5.75. The minimum Gasteiger partial charge on any atom is -0.385 e. The first kappa shape index (κ1) is 14.2. The summed E-state index contributed by atoms with van der Waals surface area (Å²) in [4.78, 5) is 12.3. The second kappa shape index (κ2) is 6.78. The summed E-state index contributed by atoms with van der Waals surface area (Å²) in [5.41, 5.74) is 4.37. The molecule has 1 fully saturated rings. The zero-order chi connectivity index (χ0) is 13.7. The first-order valence-corrected chi connectivity index (χ1v) is 7.18. The van der Waals surface area contributed by atoms with Crippen molar-refractivity contribution in [2.75, 3.05) is 25.0 Å². The van der Waals surface area contributed by atoms with Gasteiger partial charge in [0.1, 0.15) is 0 Å². The lowest BCUT2D eigenvalue weighted by Crippen LogP contribution is -2.45. The summed E-state index contributed by atoms with van der Waals surface area (Å²) in [6.45, 7) is 4.61. The Morgan fingerprint density at radius 2 is 2.05 bits per heavy atom. The van der Waals surface area contributed by atoms with Crippen molar-refractivity contribution < 1.29 is 4.79 Å². The van der Waals surface area contributed by atoms with Crippen molar-refractivity contribution in [1.29, 1.82) is 0 Å². The predicted molar refractivity (Wildman–Crippen MR) is 78.5 cm³/mol. The molecule has 1 heterocycles. The Morgan fingerprint density at radius 3 is 2.74 bits per heavy atom. The number of nitrogens with one attached hydrogen (secondary N) is 2. The van der Waals surface area contributed by atoms with Crippen LogP contribution in [0.1, 0.15) is 36.5 Å². The highest BCUT2D eigenvalue weighted by atomic mass is 35.5. The van der Waals surface area contributed by atoms with Gasteiger partial charge in [0.25, 0.3) is 5.91 Å². The fraction of sp³-hybridized carbons (Fsp3) is 0.500. The van der Waals surface area contributed by atoms with Crippen molar-refractivity contribution in [2.24, 2.45) is 0 Å². The fourth-order valence-corrected chi connectivity index (χ4v) is 2.43. The van der Waals surface area contributed by atoms with E-state index in [0.717, 1.165) is 38.2 Å². The molecule has 1 amide bonds. The maximum atomic E-state index is 12.3. The van der Waals surface area contributed by atoms with Crippen LogP contribution in [0.4, 0.5) is 5.69 Å². The van der Waals surface area contributed by atoms with E-state index in [1.54, 1.807) is 12.1 Å². The van der Waals surface area contributed by atoms with Gasteiger partial charge in [-0.1, -0.05) is 18.0 Å². The molecular formula is C14H20ClN3O. The van der Waals surface area contributed by atoms with E-state index in [1.165, 1.54) is 6.42 Å². The molecule has 0 bridgehead atoms. The highest BCUT2D eigenvalue weighted by Gasteiger charge is 2.16. The molecule has 0 aliphatic carbocycles. The lowest BCUT2D eigenvalue weighted by Gasteiger charge is -2.27. The molecule has 1 aromatic carbocycles. The third kappa shape index (κ3) is 3.85. The highest BCUT2D eigenvalue weighted by Crippen LogP contribution is 2.21. The van der Waals surface area contributed by atoms with Gasteiger partial charge in [0.15, 0.2) is 0 Å². The van der Waals surface area contributed by atoms with Crippen molar-refractivity contribution in [3.63, 3.8) is 0 Å². The molecule has 0 atom stereocenters. The van der Waals surface area contributed by atoms with Crippen LogP contribution in [0.3, 0.4) is 0 Å². The van der Waals surface area contributed by atoms with Crippen LogP contribution in [0.2, 0.25) is 5.02 Å². The van der Waals surface area contributed by atoms with Gasteiger partial charge in [0, 0.05) is 30.3 Å². The topological polar surface area (TPSA) is 44.4 Å². The summed E-state index contributed by atoms with van der Waals surface area (Å²) in [5.74, 6) is -0.0969. The zero-order valence-electron chi connectivity index (χ0n) is 11.2. The maximum Gasteiger partial charge on any atom is 0.267 e. The number of halogens is 1. The number of hydrogen-bond acceptors (Lipinski definition) is 3. The van der Waals surface area contributed by atoms with Gasteiger partial charge in [-0.15, -0.1) is 0 Å². The minimum atomic E-state index is -0.0969. The van der Waals surface area contributed by atoms with Crippen molar-refractivity contribution in [3.05, 3.63) is 28.8 Å². The van der Waals surface area contributed by atoms with Gasteiger partial charge in [0.05, 0.1) is 5.56 Å². The lowest BCUT2D eigenvalue weighted by molar-refractivity contribution is 0.0751. The van der Waals surface area contributed by atoms with Crippen LogP contribution >= 0.6 is 11.6 Å². The average molecular weight is 282 g/mol. The second-order valence-corrected chi connectivity index (χ2v) is 5.15. The van der Waals surface area contributed by atoms with Crippen LogP contribution in [0, 0.1) is 0 Å². The Hall–Kier alpha value is -1.26. The summed E-state index contributed by atoms with van der Waals surface area (Å²) in [6, 6.07) is 5.34. The van der Waals surface area contributed by atoms with E-state index in [1.807, 2.05) is 18.0 Å². The molecular weight excluding hydrogens is 262 g/mol. The fourth-order valence-electron chi connectivity index (χ4n) is 2.26. The molecule has 1 aromatic rings. The molecule has 2 N–H and O–H groups in total. The number of anilines is 1. The van der Waals surface area contributed by atoms with E-state index in [-0.39, 0.29) is 5.91 Å². The minimum absolute atomic E-state index is 0.0969. The molecule has 19 heavy (non-hydrogen) atoms. The van der Waals surface area contributed by atoms with Crippen LogP contribution in [-0.4, -0.2) is 30.6 Å². The van der Waals surface area contributed by atoms with Crippen molar-refractivity contribution in [1.82, 2.24) is 10.4 Å². The van der Waals surface area contributed by atoms with E-state index in [0.29, 0.717) is 10.6 Å². The molecule has 1 aliphatic rings. The molecule has 2 rings (SSSR count). The van der Waals surface area contributed by atoms with Crippen molar-refractivity contribution in [2.45, 2.75) is 26.2 Å². The van der Waals surface area contributed by atoms with Crippen LogP contribution in [0.15, 0.2) is 18.2 Å². The van der Waals surface area contributed by atoms with Gasteiger partial charge in [-0.05, 0) is 38.0 Å². The van der Waals surface area contributed by atoms with Crippen LogP contribution in [0.5, 0.6) is 0 Å². The highest BCUT2D eigenvalue weighted by molar-refractivity contribution is 6.31. The normalized spacial score (nSPS) is 16.1. The number of carbonyl (C=O) groups excluding carboxylic acids is 1. The maximum absolute atomic E-state index is 12.3. The van der Waals surface area contributed by atoms with Crippen LogP contribution in [0.25, 0.3) is 0 Å². The number of hydrazine groups is 1. The number of piperidine rings is 1. The number of carbonyl (C=O) groups is 1. The largest absolute Gasteiger partial charge is 0.385 e. The van der Waals surface area contributed by atoms with Gasteiger partial charge >= 0.3 is 0 Å². The Kier molecular flexibility index (Phi) is 5.05. The number of amides is 1. The van der Waals surface area contributed by atoms with Gasteiger partial charge in [-0.25, -0.2) is 5.01 Å². The Morgan fingerprint density at radius 1 is 1.32 bits per heavy atom. The SMILES string of the molecule is CCNc1ccc(Cl)cc1C(=O)NN1CCCCC1. The van der Waals surface area contributed by atoms with Crippen molar-refractivity contribution in [3.8, 4) is 0 Å². The summed E-state index contributed by atoms with van der Waals surface area (Å²) < 4.78 is 0. The lowest BCUT2D eigenvalue weighted by atomic mass is 10.1. The van der Waals surface area contributed by atoms with Crippen molar-refractivity contribution >= 4 is 23.2 Å².